The molecule has 0 fully saturated rings. The molecule has 0 radical (unpaired) electrons. The Morgan fingerprint density at radius 1 is 1.07 bits per heavy atom. The van der Waals surface area contributed by atoms with Gasteiger partial charge in [0.25, 0.3) is 11.8 Å². The lowest BCUT2D eigenvalue weighted by atomic mass is 10.2. The molecule has 0 aliphatic carbocycles. The van der Waals surface area contributed by atoms with E-state index in [1.54, 1.807) is 12.1 Å². The molecule has 3 aromatic rings. The average Bonchev–Trinajstić information content (AvgIpc) is 3.21. The van der Waals surface area contributed by atoms with Gasteiger partial charge >= 0.3 is 5.97 Å². The minimum Gasteiger partial charge on any atom is -0.482 e. The number of anilines is 1. The Morgan fingerprint density at radius 2 is 1.86 bits per heavy atom. The Balaban J connectivity index is 1.31. The Hall–Kier alpha value is -3.68. The smallest absolute Gasteiger partial charge is 0.308 e. The van der Waals surface area contributed by atoms with Crippen LogP contribution in [-0.4, -0.2) is 35.2 Å². The monoisotopic (exact) mass is 379 g/mol. The van der Waals surface area contributed by atoms with Crippen LogP contribution in [-0.2, 0) is 20.9 Å². The number of hydrogen-bond donors (Lipinski definition) is 0. The first-order chi connectivity index (χ1) is 13.7. The van der Waals surface area contributed by atoms with E-state index in [2.05, 4.69) is 10.2 Å². The van der Waals surface area contributed by atoms with Crippen molar-refractivity contribution < 1.29 is 23.5 Å². The molecule has 1 aliphatic rings. The molecule has 1 aliphatic heterocycles. The fourth-order valence-corrected chi connectivity index (χ4v) is 2.83. The van der Waals surface area contributed by atoms with Gasteiger partial charge in [0.2, 0.25) is 5.89 Å². The molecule has 0 unspecified atom stereocenters. The zero-order valence-electron chi connectivity index (χ0n) is 14.9. The SMILES string of the molecule is O=C(CCN1C(=O)COc2ccccc21)OCc1nnc(-c2ccccc2)o1. The van der Waals surface area contributed by atoms with Crippen molar-refractivity contribution in [1.29, 1.82) is 0 Å². The van der Waals surface area contributed by atoms with Gasteiger partial charge in [-0.2, -0.15) is 0 Å². The quantitative estimate of drug-likeness (QED) is 0.608. The molecule has 2 aromatic carbocycles. The van der Waals surface area contributed by atoms with E-state index < -0.39 is 5.97 Å². The lowest BCUT2D eigenvalue weighted by Gasteiger charge is -2.28. The molecule has 1 aromatic heterocycles. The Kier molecular flexibility index (Phi) is 5.01. The van der Waals surface area contributed by atoms with Crippen molar-refractivity contribution in [3.8, 4) is 17.2 Å². The van der Waals surface area contributed by atoms with Crippen molar-refractivity contribution in [3.05, 3.63) is 60.5 Å². The summed E-state index contributed by atoms with van der Waals surface area (Å²) in [5.41, 5.74) is 1.44. The largest absolute Gasteiger partial charge is 0.482 e. The molecular weight excluding hydrogens is 362 g/mol. The number of ether oxygens (including phenoxy) is 2. The minimum absolute atomic E-state index is 0.0414. The topological polar surface area (TPSA) is 94.8 Å². The van der Waals surface area contributed by atoms with E-state index >= 15 is 0 Å². The molecule has 0 saturated heterocycles. The van der Waals surface area contributed by atoms with Gasteiger partial charge in [-0.1, -0.05) is 30.3 Å². The Labute approximate surface area is 160 Å². The molecule has 2 heterocycles. The molecule has 0 spiro atoms. The molecule has 142 valence electrons. The van der Waals surface area contributed by atoms with Crippen LogP contribution in [0.4, 0.5) is 5.69 Å². The number of para-hydroxylation sites is 2. The van der Waals surface area contributed by atoms with Crippen molar-refractivity contribution in [2.75, 3.05) is 18.1 Å². The van der Waals surface area contributed by atoms with Gasteiger partial charge in [0.15, 0.2) is 13.2 Å². The van der Waals surface area contributed by atoms with Crippen LogP contribution in [0.2, 0.25) is 0 Å². The van der Waals surface area contributed by atoms with Crippen LogP contribution in [0, 0.1) is 0 Å². The zero-order chi connectivity index (χ0) is 19.3. The zero-order valence-corrected chi connectivity index (χ0v) is 14.9. The van der Waals surface area contributed by atoms with Crippen molar-refractivity contribution in [1.82, 2.24) is 10.2 Å². The van der Waals surface area contributed by atoms with E-state index in [4.69, 9.17) is 13.9 Å². The normalized spacial score (nSPS) is 13.0. The van der Waals surface area contributed by atoms with Crippen LogP contribution in [0.15, 0.2) is 59.0 Å². The lowest BCUT2D eigenvalue weighted by Crippen LogP contribution is -2.40. The van der Waals surface area contributed by atoms with Crippen LogP contribution < -0.4 is 9.64 Å². The summed E-state index contributed by atoms with van der Waals surface area (Å²) in [6, 6.07) is 16.5. The third-order valence-corrected chi connectivity index (χ3v) is 4.19. The first-order valence-corrected chi connectivity index (χ1v) is 8.76. The predicted octanol–water partition coefficient (Wildman–Crippen LogP) is 2.60. The molecule has 28 heavy (non-hydrogen) atoms. The highest BCUT2D eigenvalue weighted by molar-refractivity contribution is 5.98. The third-order valence-electron chi connectivity index (χ3n) is 4.19. The number of nitrogens with zero attached hydrogens (tertiary/aromatic N) is 3. The van der Waals surface area contributed by atoms with Gasteiger partial charge < -0.3 is 18.8 Å². The summed E-state index contributed by atoms with van der Waals surface area (Å²) in [6.45, 7) is 0.0414. The van der Waals surface area contributed by atoms with E-state index in [0.717, 1.165) is 5.56 Å². The molecule has 0 saturated carbocycles. The molecule has 0 atom stereocenters. The molecule has 0 bridgehead atoms. The van der Waals surface area contributed by atoms with Crippen molar-refractivity contribution >= 4 is 17.6 Å². The highest BCUT2D eigenvalue weighted by Gasteiger charge is 2.25. The summed E-state index contributed by atoms with van der Waals surface area (Å²) in [7, 11) is 0. The van der Waals surface area contributed by atoms with Gasteiger partial charge in [0.05, 0.1) is 12.1 Å². The van der Waals surface area contributed by atoms with Crippen LogP contribution in [0.25, 0.3) is 11.5 Å². The van der Waals surface area contributed by atoms with E-state index in [0.29, 0.717) is 17.3 Å². The third kappa shape index (κ3) is 3.85. The summed E-state index contributed by atoms with van der Waals surface area (Å²) in [5.74, 6) is 0.532. The van der Waals surface area contributed by atoms with Gasteiger partial charge in [-0.05, 0) is 24.3 Å². The van der Waals surface area contributed by atoms with Gasteiger partial charge in [0, 0.05) is 12.1 Å². The number of benzene rings is 2. The van der Waals surface area contributed by atoms with Crippen molar-refractivity contribution in [2.45, 2.75) is 13.0 Å². The van der Waals surface area contributed by atoms with E-state index in [9.17, 15) is 9.59 Å². The summed E-state index contributed by atoms with van der Waals surface area (Å²) in [4.78, 5) is 25.7. The fraction of sp³-hybridized carbons (Fsp3) is 0.200. The number of amides is 1. The summed E-state index contributed by atoms with van der Waals surface area (Å²) < 4.78 is 16.1. The maximum atomic E-state index is 12.1. The van der Waals surface area contributed by atoms with Gasteiger partial charge in [-0.15, -0.1) is 10.2 Å². The Morgan fingerprint density at radius 3 is 2.71 bits per heavy atom. The second-order valence-electron chi connectivity index (χ2n) is 6.08. The molecule has 0 N–H and O–H groups in total. The fourth-order valence-electron chi connectivity index (χ4n) is 2.83. The summed E-state index contributed by atoms with van der Waals surface area (Å²) >= 11 is 0. The van der Waals surface area contributed by atoms with E-state index in [1.807, 2.05) is 42.5 Å². The van der Waals surface area contributed by atoms with Crippen LogP contribution >= 0.6 is 0 Å². The number of carbonyl (C=O) groups excluding carboxylic acids is 2. The second-order valence-corrected chi connectivity index (χ2v) is 6.08. The van der Waals surface area contributed by atoms with Crippen LogP contribution in [0.1, 0.15) is 12.3 Å². The molecule has 8 heteroatoms. The number of aromatic nitrogens is 2. The van der Waals surface area contributed by atoms with Gasteiger partial charge in [-0.25, -0.2) is 0 Å². The lowest BCUT2D eigenvalue weighted by molar-refractivity contribution is -0.145. The van der Waals surface area contributed by atoms with E-state index in [-0.39, 0.29) is 38.0 Å². The first kappa shape index (κ1) is 17.7. The molecule has 1 amide bonds. The van der Waals surface area contributed by atoms with Crippen molar-refractivity contribution in [2.24, 2.45) is 0 Å². The first-order valence-electron chi connectivity index (χ1n) is 8.76. The number of esters is 1. The van der Waals surface area contributed by atoms with Gasteiger partial charge in [0.1, 0.15) is 5.75 Å². The maximum Gasteiger partial charge on any atom is 0.308 e. The number of hydrogen-bond acceptors (Lipinski definition) is 7. The van der Waals surface area contributed by atoms with Gasteiger partial charge in [-0.3, -0.25) is 9.59 Å². The molecular formula is C20H17N3O5. The molecule has 8 nitrogen and oxygen atoms in total. The van der Waals surface area contributed by atoms with Crippen LogP contribution in [0.3, 0.4) is 0 Å². The Bertz CT molecular complexity index is 986. The maximum absolute atomic E-state index is 12.1. The molecule has 4 rings (SSSR count). The highest BCUT2D eigenvalue weighted by atomic mass is 16.5. The highest BCUT2D eigenvalue weighted by Crippen LogP contribution is 2.31. The average molecular weight is 379 g/mol. The number of rotatable bonds is 6. The van der Waals surface area contributed by atoms with E-state index in [1.165, 1.54) is 4.90 Å². The standard InChI is InChI=1S/C20H17N3O5/c24-18-13-26-16-9-5-4-8-15(16)23(18)11-10-19(25)27-12-17-21-22-20(28-17)14-6-2-1-3-7-14/h1-9H,10-13H2. The second kappa shape index (κ2) is 7.91. The summed E-state index contributed by atoms with van der Waals surface area (Å²) in [5, 5.41) is 7.83. The number of carbonyl (C=O) groups is 2. The van der Waals surface area contributed by atoms with Crippen molar-refractivity contribution in [3.63, 3.8) is 0 Å². The summed E-state index contributed by atoms with van der Waals surface area (Å²) in [6.07, 6.45) is 0.0414. The van der Waals surface area contributed by atoms with Crippen LogP contribution in [0.5, 0.6) is 5.75 Å². The minimum atomic E-state index is -0.462. The predicted molar refractivity (Wildman–Crippen MR) is 98.4 cm³/mol. The number of fused-ring (bicyclic) bond motifs is 1.